The molecule has 0 radical (unpaired) electrons. The molecule has 1 aliphatic carbocycles. The maximum atomic E-state index is 12.6. The zero-order valence-corrected chi connectivity index (χ0v) is 15.9. The van der Waals surface area contributed by atoms with Gasteiger partial charge in [0.15, 0.2) is 0 Å². The molecule has 0 unspecified atom stereocenters. The Hall–Kier alpha value is -3.03. The molecular formula is C20H23N3O5. The van der Waals surface area contributed by atoms with Crippen molar-refractivity contribution < 1.29 is 24.3 Å². The Labute approximate surface area is 161 Å². The van der Waals surface area contributed by atoms with E-state index in [1.165, 1.54) is 0 Å². The number of amides is 1. The van der Waals surface area contributed by atoms with Crippen molar-refractivity contribution in [3.05, 3.63) is 34.4 Å². The van der Waals surface area contributed by atoms with Crippen LogP contribution < -0.4 is 5.73 Å². The van der Waals surface area contributed by atoms with Crippen molar-refractivity contribution in [2.45, 2.75) is 52.4 Å². The number of hydrogen-bond donors (Lipinski definition) is 2. The second-order valence-electron chi connectivity index (χ2n) is 7.29. The molecule has 28 heavy (non-hydrogen) atoms. The Balaban J connectivity index is 2.38. The Bertz CT molecular complexity index is 999. The highest BCUT2D eigenvalue weighted by atomic mass is 16.4. The smallest absolute Gasteiger partial charge is 0.379 e. The third-order valence-electron chi connectivity index (χ3n) is 5.42. The van der Waals surface area contributed by atoms with Gasteiger partial charge in [-0.15, -0.1) is 0 Å². The van der Waals surface area contributed by atoms with Gasteiger partial charge in [0.1, 0.15) is 5.69 Å². The fourth-order valence-electron chi connectivity index (χ4n) is 4.23. The zero-order valence-electron chi connectivity index (χ0n) is 15.9. The predicted molar refractivity (Wildman–Crippen MR) is 100 cm³/mol. The van der Waals surface area contributed by atoms with Crippen LogP contribution in [0.3, 0.4) is 0 Å². The minimum absolute atomic E-state index is 0.0000898. The van der Waals surface area contributed by atoms with Crippen LogP contribution in [0.2, 0.25) is 0 Å². The average molecular weight is 385 g/mol. The van der Waals surface area contributed by atoms with Gasteiger partial charge in [0.2, 0.25) is 0 Å². The molecule has 0 aromatic carbocycles. The number of aliphatic carboxylic acids is 1. The first-order valence-corrected chi connectivity index (χ1v) is 9.41. The van der Waals surface area contributed by atoms with Gasteiger partial charge in [0.25, 0.3) is 17.5 Å². The van der Waals surface area contributed by atoms with Crippen LogP contribution in [-0.4, -0.2) is 37.9 Å². The molecule has 148 valence electrons. The first-order valence-electron chi connectivity index (χ1n) is 9.41. The van der Waals surface area contributed by atoms with Crippen LogP contribution in [0.4, 0.5) is 0 Å². The lowest BCUT2D eigenvalue weighted by molar-refractivity contribution is -0.131. The molecule has 2 aromatic rings. The molecule has 2 aromatic heterocycles. The average Bonchev–Trinajstić information content (AvgIpc) is 3.26. The van der Waals surface area contributed by atoms with Gasteiger partial charge in [-0.2, -0.15) is 0 Å². The summed E-state index contributed by atoms with van der Waals surface area (Å²) < 4.78 is 1.67. The summed E-state index contributed by atoms with van der Waals surface area (Å²) in [4.78, 5) is 52.1. The zero-order chi connectivity index (χ0) is 20.6. The molecule has 0 bridgehead atoms. The molecule has 3 rings (SSSR count). The van der Waals surface area contributed by atoms with Crippen LogP contribution in [0.1, 0.15) is 70.4 Å². The molecule has 8 heteroatoms. The number of primary amides is 1. The summed E-state index contributed by atoms with van der Waals surface area (Å²) in [6.45, 7) is 3.50. The number of fused-ring (bicyclic) bond motifs is 1. The highest BCUT2D eigenvalue weighted by molar-refractivity contribution is 6.46. The van der Waals surface area contributed by atoms with Crippen LogP contribution in [-0.2, 0) is 22.4 Å². The SMILES string of the molecule is CCc1c(C(=O)C(N)=O)c2c(C(=O)C(=O)O)nc(C)cn2c1CC1CCCC1. The van der Waals surface area contributed by atoms with Crippen molar-refractivity contribution >= 4 is 29.0 Å². The quantitative estimate of drug-likeness (QED) is 0.552. The van der Waals surface area contributed by atoms with Crippen molar-refractivity contribution in [1.82, 2.24) is 9.38 Å². The molecule has 1 aliphatic rings. The first-order chi connectivity index (χ1) is 13.3. The van der Waals surface area contributed by atoms with E-state index >= 15 is 0 Å². The molecule has 3 N–H and O–H groups in total. The summed E-state index contributed by atoms with van der Waals surface area (Å²) in [7, 11) is 0. The Kier molecular flexibility index (Phi) is 5.31. The number of carbonyl (C=O) groups excluding carboxylic acids is 3. The number of rotatable bonds is 7. The number of carboxylic acid groups (broad SMARTS) is 1. The molecule has 0 atom stereocenters. The van der Waals surface area contributed by atoms with Gasteiger partial charge in [-0.3, -0.25) is 14.4 Å². The molecule has 0 spiro atoms. The molecule has 1 saturated carbocycles. The van der Waals surface area contributed by atoms with E-state index in [4.69, 9.17) is 5.73 Å². The van der Waals surface area contributed by atoms with Gasteiger partial charge in [-0.1, -0.05) is 32.6 Å². The second kappa shape index (κ2) is 7.53. The van der Waals surface area contributed by atoms with E-state index in [-0.39, 0.29) is 16.8 Å². The largest absolute Gasteiger partial charge is 0.475 e. The van der Waals surface area contributed by atoms with E-state index in [1.807, 2.05) is 6.92 Å². The number of ketones is 2. The number of carbonyl (C=O) groups is 4. The Morgan fingerprint density at radius 3 is 2.39 bits per heavy atom. The topological polar surface area (TPSA) is 132 Å². The van der Waals surface area contributed by atoms with Crippen LogP contribution >= 0.6 is 0 Å². The van der Waals surface area contributed by atoms with Crippen LogP contribution in [0.25, 0.3) is 5.52 Å². The third kappa shape index (κ3) is 3.30. The van der Waals surface area contributed by atoms with Crippen molar-refractivity contribution in [3.8, 4) is 0 Å². The van der Waals surface area contributed by atoms with Gasteiger partial charge in [0.05, 0.1) is 16.8 Å². The van der Waals surface area contributed by atoms with E-state index < -0.39 is 23.4 Å². The monoisotopic (exact) mass is 385 g/mol. The second-order valence-corrected chi connectivity index (χ2v) is 7.29. The fourth-order valence-corrected chi connectivity index (χ4v) is 4.23. The highest BCUT2D eigenvalue weighted by Gasteiger charge is 2.32. The molecule has 1 amide bonds. The molecular weight excluding hydrogens is 362 g/mol. The number of aryl methyl sites for hydroxylation is 1. The van der Waals surface area contributed by atoms with Gasteiger partial charge in [0, 0.05) is 11.9 Å². The van der Waals surface area contributed by atoms with Crippen LogP contribution in [0, 0.1) is 12.8 Å². The molecule has 2 heterocycles. The number of hydrogen-bond acceptors (Lipinski definition) is 5. The minimum Gasteiger partial charge on any atom is -0.475 e. The minimum atomic E-state index is -1.67. The van der Waals surface area contributed by atoms with Gasteiger partial charge in [-0.25, -0.2) is 9.78 Å². The Morgan fingerprint density at radius 1 is 1.21 bits per heavy atom. The van der Waals surface area contributed by atoms with Crippen molar-refractivity contribution in [3.63, 3.8) is 0 Å². The van der Waals surface area contributed by atoms with E-state index in [2.05, 4.69) is 4.98 Å². The van der Waals surface area contributed by atoms with E-state index in [0.29, 0.717) is 30.0 Å². The van der Waals surface area contributed by atoms with E-state index in [0.717, 1.165) is 31.4 Å². The fraction of sp³-hybridized carbons (Fsp3) is 0.450. The summed E-state index contributed by atoms with van der Waals surface area (Å²) >= 11 is 0. The number of carboxylic acids is 1. The molecule has 8 nitrogen and oxygen atoms in total. The van der Waals surface area contributed by atoms with Crippen molar-refractivity contribution in [1.29, 1.82) is 0 Å². The molecule has 1 fully saturated rings. The standard InChI is InChI=1S/C20H23N3O5/c1-3-12-13(8-11-6-4-5-7-11)23-9-10(2)22-15(18(25)20(27)28)16(23)14(12)17(24)19(21)26/h9,11H,3-8H2,1-2H3,(H2,21,26)(H,27,28). The first kappa shape index (κ1) is 19.7. The van der Waals surface area contributed by atoms with E-state index in [1.54, 1.807) is 17.5 Å². The number of nitrogens with zero attached hydrogens (tertiary/aromatic N) is 2. The maximum Gasteiger partial charge on any atom is 0.379 e. The summed E-state index contributed by atoms with van der Waals surface area (Å²) in [6.07, 6.45) is 7.23. The lowest BCUT2D eigenvalue weighted by atomic mass is 9.95. The summed E-state index contributed by atoms with van der Waals surface area (Å²) in [5, 5.41) is 9.21. The lowest BCUT2D eigenvalue weighted by Gasteiger charge is -2.12. The number of Topliss-reactive ketones (excluding diaryl/α,β-unsaturated/α-hetero) is 2. The van der Waals surface area contributed by atoms with Crippen LogP contribution in [0.5, 0.6) is 0 Å². The normalized spacial score (nSPS) is 14.5. The van der Waals surface area contributed by atoms with Gasteiger partial charge in [-0.05, 0) is 31.2 Å². The number of nitrogens with two attached hydrogens (primary N) is 1. The van der Waals surface area contributed by atoms with E-state index in [9.17, 15) is 24.3 Å². The summed E-state index contributed by atoms with van der Waals surface area (Å²) in [5.74, 6) is -4.54. The Morgan fingerprint density at radius 2 is 1.86 bits per heavy atom. The molecule has 0 saturated heterocycles. The maximum absolute atomic E-state index is 12.6. The van der Waals surface area contributed by atoms with Gasteiger partial charge >= 0.3 is 5.97 Å². The highest BCUT2D eigenvalue weighted by Crippen LogP contribution is 2.34. The summed E-state index contributed by atoms with van der Waals surface area (Å²) in [5.41, 5.74) is 6.86. The molecule has 0 aliphatic heterocycles. The summed E-state index contributed by atoms with van der Waals surface area (Å²) in [6, 6.07) is 0. The van der Waals surface area contributed by atoms with Crippen molar-refractivity contribution in [2.24, 2.45) is 11.7 Å². The third-order valence-corrected chi connectivity index (χ3v) is 5.42. The number of aromatic nitrogens is 2. The lowest BCUT2D eigenvalue weighted by Crippen LogP contribution is -2.25. The van der Waals surface area contributed by atoms with Gasteiger partial charge < -0.3 is 15.2 Å². The van der Waals surface area contributed by atoms with Crippen molar-refractivity contribution in [2.75, 3.05) is 0 Å². The van der Waals surface area contributed by atoms with Crippen LogP contribution in [0.15, 0.2) is 6.20 Å². The predicted octanol–water partition coefficient (Wildman–Crippen LogP) is 1.87.